The second-order valence-electron chi connectivity index (χ2n) is 5.14. The van der Waals surface area contributed by atoms with Gasteiger partial charge in [0, 0.05) is 12.5 Å². The highest BCUT2D eigenvalue weighted by molar-refractivity contribution is 8.15. The van der Waals surface area contributed by atoms with Gasteiger partial charge in [0.2, 0.25) is 11.8 Å². The molecule has 0 aliphatic carbocycles. The van der Waals surface area contributed by atoms with Crippen LogP contribution < -0.4 is 10.6 Å². The molecule has 1 aromatic carbocycles. The predicted octanol–water partition coefficient (Wildman–Crippen LogP) is 3.71. The summed E-state index contributed by atoms with van der Waals surface area (Å²) in [6, 6.07) is 5.12. The number of aliphatic imine (C=N–C) groups is 1. The molecule has 1 saturated heterocycles. The number of carbonyl (C=O) groups is 2. The molecule has 0 radical (unpaired) electrons. The Labute approximate surface area is 149 Å². The quantitative estimate of drug-likeness (QED) is 0.826. The van der Waals surface area contributed by atoms with Gasteiger partial charge in [-0.15, -0.1) is 0 Å². The number of benzene rings is 1. The molecular weight excluding hydrogens is 357 g/mol. The second kappa shape index (κ2) is 8.04. The zero-order chi connectivity index (χ0) is 17.0. The molecule has 0 spiro atoms. The third kappa shape index (κ3) is 4.86. The number of amidine groups is 1. The first kappa shape index (κ1) is 18.1. The Balaban J connectivity index is 1.97. The van der Waals surface area contributed by atoms with Crippen molar-refractivity contribution in [3.8, 4) is 0 Å². The fourth-order valence-corrected chi connectivity index (χ4v) is 3.28. The SMILES string of the molecule is CC[C@H](C)N=C1NC(=O)[C@@H](CC(=O)Nc2cccc(Cl)c2Cl)S1. The van der Waals surface area contributed by atoms with Gasteiger partial charge in [-0.2, -0.15) is 0 Å². The first-order valence-electron chi connectivity index (χ1n) is 7.20. The molecule has 2 amide bonds. The Morgan fingerprint density at radius 1 is 1.48 bits per heavy atom. The third-order valence-electron chi connectivity index (χ3n) is 3.30. The van der Waals surface area contributed by atoms with Crippen molar-refractivity contribution in [2.45, 2.75) is 38.0 Å². The number of hydrogen-bond donors (Lipinski definition) is 2. The lowest BCUT2D eigenvalue weighted by atomic mass is 10.2. The summed E-state index contributed by atoms with van der Waals surface area (Å²) < 4.78 is 0. The molecule has 8 heteroatoms. The maximum Gasteiger partial charge on any atom is 0.240 e. The fourth-order valence-electron chi connectivity index (χ4n) is 1.86. The van der Waals surface area contributed by atoms with Crippen molar-refractivity contribution >= 4 is 57.6 Å². The standard InChI is InChI=1S/C15H17Cl2N3O2S/c1-3-8(2)18-15-20-14(22)11(23-15)7-12(21)19-10-6-4-5-9(16)13(10)17/h4-6,8,11H,3,7H2,1-2H3,(H,19,21)(H,18,20,22)/t8-,11+/m0/s1. The van der Waals surface area contributed by atoms with Gasteiger partial charge in [-0.1, -0.05) is 48.0 Å². The van der Waals surface area contributed by atoms with Gasteiger partial charge in [-0.05, 0) is 25.5 Å². The summed E-state index contributed by atoms with van der Waals surface area (Å²) in [6.07, 6.45) is 0.928. The van der Waals surface area contributed by atoms with Crippen LogP contribution in [0.5, 0.6) is 0 Å². The lowest BCUT2D eigenvalue weighted by Gasteiger charge is -2.09. The van der Waals surface area contributed by atoms with Crippen molar-refractivity contribution in [1.82, 2.24) is 5.32 Å². The summed E-state index contributed by atoms with van der Waals surface area (Å²) in [6.45, 7) is 4.00. The highest BCUT2D eigenvalue weighted by Gasteiger charge is 2.32. The summed E-state index contributed by atoms with van der Waals surface area (Å²) in [5.41, 5.74) is 0.432. The van der Waals surface area contributed by atoms with Gasteiger partial charge in [-0.3, -0.25) is 14.6 Å². The van der Waals surface area contributed by atoms with Crippen molar-refractivity contribution in [2.24, 2.45) is 4.99 Å². The molecular formula is C15H17Cl2N3O2S. The van der Waals surface area contributed by atoms with Gasteiger partial charge in [0.1, 0.15) is 5.25 Å². The van der Waals surface area contributed by atoms with E-state index in [0.717, 1.165) is 6.42 Å². The van der Waals surface area contributed by atoms with E-state index in [2.05, 4.69) is 15.6 Å². The average Bonchev–Trinajstić information content (AvgIpc) is 2.83. The summed E-state index contributed by atoms with van der Waals surface area (Å²) in [4.78, 5) is 28.4. The van der Waals surface area contributed by atoms with E-state index in [-0.39, 0.29) is 29.3 Å². The maximum absolute atomic E-state index is 12.1. The summed E-state index contributed by atoms with van der Waals surface area (Å²) in [5.74, 6) is -0.504. The first-order chi connectivity index (χ1) is 10.9. The van der Waals surface area contributed by atoms with E-state index in [1.165, 1.54) is 11.8 Å². The van der Waals surface area contributed by atoms with Gasteiger partial charge < -0.3 is 10.6 Å². The van der Waals surface area contributed by atoms with Gasteiger partial charge in [0.25, 0.3) is 0 Å². The number of amides is 2. The van der Waals surface area contributed by atoms with E-state index in [1.807, 2.05) is 13.8 Å². The van der Waals surface area contributed by atoms with Crippen molar-refractivity contribution in [3.05, 3.63) is 28.2 Å². The molecule has 0 bridgehead atoms. The number of carbonyl (C=O) groups excluding carboxylic acids is 2. The van der Waals surface area contributed by atoms with Crippen LogP contribution >= 0.6 is 35.0 Å². The number of halogens is 2. The zero-order valence-corrected chi connectivity index (χ0v) is 15.1. The normalized spacial score (nSPS) is 20.4. The third-order valence-corrected chi connectivity index (χ3v) is 5.22. The van der Waals surface area contributed by atoms with Crippen LogP contribution in [-0.2, 0) is 9.59 Å². The van der Waals surface area contributed by atoms with Crippen molar-refractivity contribution in [3.63, 3.8) is 0 Å². The summed E-state index contributed by atoms with van der Waals surface area (Å²) in [7, 11) is 0. The number of nitrogens with one attached hydrogen (secondary N) is 2. The van der Waals surface area contributed by atoms with E-state index in [1.54, 1.807) is 18.2 Å². The molecule has 23 heavy (non-hydrogen) atoms. The molecule has 1 aromatic rings. The largest absolute Gasteiger partial charge is 0.325 e. The van der Waals surface area contributed by atoms with Gasteiger partial charge in [0.05, 0.1) is 15.7 Å². The van der Waals surface area contributed by atoms with Crippen LogP contribution in [0.25, 0.3) is 0 Å². The van der Waals surface area contributed by atoms with Crippen LogP contribution in [-0.4, -0.2) is 28.3 Å². The molecule has 0 unspecified atom stereocenters. The predicted molar refractivity (Wildman–Crippen MR) is 96.4 cm³/mol. The number of rotatable bonds is 5. The van der Waals surface area contributed by atoms with Crippen molar-refractivity contribution in [2.75, 3.05) is 5.32 Å². The van der Waals surface area contributed by atoms with E-state index < -0.39 is 5.25 Å². The maximum atomic E-state index is 12.1. The number of anilines is 1. The molecule has 1 aliphatic rings. The van der Waals surface area contributed by atoms with Crippen LogP contribution in [0.4, 0.5) is 5.69 Å². The summed E-state index contributed by atoms with van der Waals surface area (Å²) in [5, 5.41) is 6.11. The van der Waals surface area contributed by atoms with Crippen molar-refractivity contribution < 1.29 is 9.59 Å². The minimum atomic E-state index is -0.490. The smallest absolute Gasteiger partial charge is 0.240 e. The Morgan fingerprint density at radius 3 is 2.91 bits per heavy atom. The molecule has 1 aliphatic heterocycles. The average molecular weight is 374 g/mol. The minimum Gasteiger partial charge on any atom is -0.325 e. The monoisotopic (exact) mass is 373 g/mol. The molecule has 124 valence electrons. The molecule has 2 N–H and O–H groups in total. The van der Waals surface area contributed by atoms with Crippen LogP contribution in [0, 0.1) is 0 Å². The van der Waals surface area contributed by atoms with Crippen LogP contribution in [0.1, 0.15) is 26.7 Å². The first-order valence-corrected chi connectivity index (χ1v) is 8.83. The van der Waals surface area contributed by atoms with E-state index in [0.29, 0.717) is 15.9 Å². The molecule has 5 nitrogen and oxygen atoms in total. The summed E-state index contributed by atoms with van der Waals surface area (Å²) >= 11 is 13.2. The van der Waals surface area contributed by atoms with Crippen molar-refractivity contribution in [1.29, 1.82) is 0 Å². The molecule has 0 saturated carbocycles. The molecule has 0 aromatic heterocycles. The van der Waals surface area contributed by atoms with Gasteiger partial charge in [-0.25, -0.2) is 0 Å². The van der Waals surface area contributed by atoms with Gasteiger partial charge >= 0.3 is 0 Å². The van der Waals surface area contributed by atoms with E-state index in [9.17, 15) is 9.59 Å². The Hall–Kier alpha value is -1.24. The molecule has 1 fully saturated rings. The van der Waals surface area contributed by atoms with E-state index >= 15 is 0 Å². The fraction of sp³-hybridized carbons (Fsp3) is 0.400. The Bertz CT molecular complexity index is 652. The number of nitrogens with zero attached hydrogens (tertiary/aromatic N) is 1. The van der Waals surface area contributed by atoms with E-state index in [4.69, 9.17) is 23.2 Å². The topological polar surface area (TPSA) is 70.6 Å². The van der Waals surface area contributed by atoms with Crippen LogP contribution in [0.2, 0.25) is 10.0 Å². The zero-order valence-electron chi connectivity index (χ0n) is 12.7. The molecule has 1 heterocycles. The minimum absolute atomic E-state index is 0.0405. The molecule has 2 rings (SSSR count). The Morgan fingerprint density at radius 2 is 2.22 bits per heavy atom. The highest BCUT2D eigenvalue weighted by atomic mass is 35.5. The number of thioether (sulfide) groups is 1. The van der Waals surface area contributed by atoms with Gasteiger partial charge in [0.15, 0.2) is 5.17 Å². The second-order valence-corrected chi connectivity index (χ2v) is 7.12. The lowest BCUT2D eigenvalue weighted by molar-refractivity contribution is -0.122. The number of hydrogen-bond acceptors (Lipinski definition) is 4. The molecule has 2 atom stereocenters. The Kier molecular flexibility index (Phi) is 6.33. The highest BCUT2D eigenvalue weighted by Crippen LogP contribution is 2.30. The van der Waals surface area contributed by atoms with Crippen LogP contribution in [0.3, 0.4) is 0 Å². The van der Waals surface area contributed by atoms with Crippen LogP contribution in [0.15, 0.2) is 23.2 Å². The lowest BCUT2D eigenvalue weighted by Crippen LogP contribution is -2.28.